The lowest BCUT2D eigenvalue weighted by atomic mass is 9.99. The van der Waals surface area contributed by atoms with Gasteiger partial charge in [-0.25, -0.2) is 0 Å². The predicted octanol–water partition coefficient (Wildman–Crippen LogP) is 1.28. The third-order valence-electron chi connectivity index (χ3n) is 6.04. The molecule has 1 N–H and O–H groups in total. The SMILES string of the molecule is CC(=O)N1CCC(N2CCN(C(C)=O)C[C@](O)(COc3ccc(C)cc3)C2)CC1. The van der Waals surface area contributed by atoms with Gasteiger partial charge in [-0.1, -0.05) is 17.7 Å². The van der Waals surface area contributed by atoms with Gasteiger partial charge in [0.25, 0.3) is 0 Å². The number of aliphatic hydroxyl groups is 1. The zero-order valence-corrected chi connectivity index (χ0v) is 17.8. The minimum Gasteiger partial charge on any atom is -0.490 e. The van der Waals surface area contributed by atoms with Crippen LogP contribution in [0.3, 0.4) is 0 Å². The Balaban J connectivity index is 1.68. The number of rotatable bonds is 4. The molecule has 2 aliphatic heterocycles. The molecule has 0 spiro atoms. The molecule has 29 heavy (non-hydrogen) atoms. The van der Waals surface area contributed by atoms with E-state index in [1.807, 2.05) is 36.1 Å². The number of carbonyl (C=O) groups excluding carboxylic acids is 2. The van der Waals surface area contributed by atoms with E-state index in [2.05, 4.69) is 4.90 Å². The second-order valence-electron chi connectivity index (χ2n) is 8.47. The van der Waals surface area contributed by atoms with Crippen LogP contribution in [0.4, 0.5) is 0 Å². The Morgan fingerprint density at radius 2 is 1.62 bits per heavy atom. The molecule has 2 aliphatic rings. The maximum atomic E-state index is 12.1. The molecule has 160 valence electrons. The van der Waals surface area contributed by atoms with Gasteiger partial charge in [0.1, 0.15) is 18.0 Å². The Kier molecular flexibility index (Phi) is 6.80. The van der Waals surface area contributed by atoms with Crippen LogP contribution in [0.5, 0.6) is 5.75 Å². The van der Waals surface area contributed by atoms with Gasteiger partial charge < -0.3 is 19.6 Å². The summed E-state index contributed by atoms with van der Waals surface area (Å²) in [7, 11) is 0. The van der Waals surface area contributed by atoms with Gasteiger partial charge in [0.15, 0.2) is 0 Å². The number of piperidine rings is 1. The molecular formula is C22H33N3O4. The van der Waals surface area contributed by atoms with E-state index in [4.69, 9.17) is 4.74 Å². The summed E-state index contributed by atoms with van der Waals surface area (Å²) in [5, 5.41) is 11.4. The maximum Gasteiger partial charge on any atom is 0.219 e. The van der Waals surface area contributed by atoms with E-state index in [1.165, 1.54) is 0 Å². The number of amides is 2. The lowest BCUT2D eigenvalue weighted by molar-refractivity contribution is -0.132. The first-order chi connectivity index (χ1) is 13.8. The average Bonchev–Trinajstić information content (AvgIpc) is 2.87. The van der Waals surface area contributed by atoms with Crippen LogP contribution in [0, 0.1) is 6.92 Å². The normalized spacial score (nSPS) is 24.3. The second-order valence-corrected chi connectivity index (χ2v) is 8.47. The van der Waals surface area contributed by atoms with Crippen LogP contribution in [0.15, 0.2) is 24.3 Å². The smallest absolute Gasteiger partial charge is 0.219 e. The van der Waals surface area contributed by atoms with Gasteiger partial charge in [-0.05, 0) is 31.9 Å². The number of hydrogen-bond acceptors (Lipinski definition) is 5. The molecule has 0 unspecified atom stereocenters. The molecule has 1 aromatic rings. The summed E-state index contributed by atoms with van der Waals surface area (Å²) in [4.78, 5) is 29.5. The molecule has 7 nitrogen and oxygen atoms in total. The number of benzene rings is 1. The van der Waals surface area contributed by atoms with Crippen molar-refractivity contribution in [3.05, 3.63) is 29.8 Å². The average molecular weight is 404 g/mol. The minimum absolute atomic E-state index is 0.0352. The van der Waals surface area contributed by atoms with Crippen LogP contribution >= 0.6 is 0 Å². The zero-order chi connectivity index (χ0) is 21.0. The fraction of sp³-hybridized carbons (Fsp3) is 0.636. The van der Waals surface area contributed by atoms with E-state index < -0.39 is 5.60 Å². The second kappa shape index (κ2) is 9.13. The number of β-amino-alcohol motifs (C(OH)–C–C–N with tert-alkyl or cyclic N) is 1. The van der Waals surface area contributed by atoms with Crippen LogP contribution in [0.1, 0.15) is 32.3 Å². The van der Waals surface area contributed by atoms with Crippen molar-refractivity contribution in [2.24, 2.45) is 0 Å². The molecule has 0 radical (unpaired) electrons. The number of hydrogen-bond donors (Lipinski definition) is 1. The largest absolute Gasteiger partial charge is 0.490 e. The molecule has 1 aromatic carbocycles. The lowest BCUT2D eigenvalue weighted by Gasteiger charge is -2.40. The van der Waals surface area contributed by atoms with E-state index in [1.54, 1.807) is 18.7 Å². The summed E-state index contributed by atoms with van der Waals surface area (Å²) < 4.78 is 5.90. The van der Waals surface area contributed by atoms with Crippen molar-refractivity contribution in [3.8, 4) is 5.75 Å². The molecule has 0 saturated carbocycles. The van der Waals surface area contributed by atoms with Crippen LogP contribution < -0.4 is 4.74 Å². The van der Waals surface area contributed by atoms with Crippen molar-refractivity contribution < 1.29 is 19.4 Å². The Labute approximate surface area is 173 Å². The van der Waals surface area contributed by atoms with E-state index >= 15 is 0 Å². The molecule has 2 fully saturated rings. The van der Waals surface area contributed by atoms with E-state index in [0.717, 1.165) is 38.0 Å². The van der Waals surface area contributed by atoms with Gasteiger partial charge in [-0.2, -0.15) is 0 Å². The number of ether oxygens (including phenoxy) is 1. The summed E-state index contributed by atoms with van der Waals surface area (Å²) in [6, 6.07) is 8.04. The summed E-state index contributed by atoms with van der Waals surface area (Å²) in [6.07, 6.45) is 1.77. The molecule has 0 bridgehead atoms. The molecule has 0 aromatic heterocycles. The van der Waals surface area contributed by atoms with Crippen molar-refractivity contribution in [1.82, 2.24) is 14.7 Å². The lowest BCUT2D eigenvalue weighted by Crippen LogP contribution is -2.54. The highest BCUT2D eigenvalue weighted by atomic mass is 16.5. The zero-order valence-electron chi connectivity index (χ0n) is 17.8. The Morgan fingerprint density at radius 3 is 2.21 bits per heavy atom. The minimum atomic E-state index is -1.15. The standard InChI is InChI=1S/C22H33N3O4/c1-17-4-6-21(7-5-17)29-16-22(28)14-24(19(3)27)12-13-25(15-22)20-8-10-23(11-9-20)18(2)26/h4-7,20,28H,8-16H2,1-3H3/t22-/m1/s1. The number of nitrogens with zero attached hydrogens (tertiary/aromatic N) is 3. The summed E-state index contributed by atoms with van der Waals surface area (Å²) in [5.41, 5.74) is 0.00136. The van der Waals surface area contributed by atoms with Crippen LogP contribution in [0.2, 0.25) is 0 Å². The first-order valence-electron chi connectivity index (χ1n) is 10.4. The van der Waals surface area contributed by atoms with Gasteiger partial charge >= 0.3 is 0 Å². The Morgan fingerprint density at radius 1 is 1.00 bits per heavy atom. The third kappa shape index (κ3) is 5.70. The maximum absolute atomic E-state index is 12.1. The van der Waals surface area contributed by atoms with E-state index in [0.29, 0.717) is 24.9 Å². The Bertz CT molecular complexity index is 715. The first-order valence-corrected chi connectivity index (χ1v) is 10.4. The van der Waals surface area contributed by atoms with Crippen molar-refractivity contribution in [3.63, 3.8) is 0 Å². The highest BCUT2D eigenvalue weighted by Crippen LogP contribution is 2.24. The highest BCUT2D eigenvalue weighted by molar-refractivity contribution is 5.73. The van der Waals surface area contributed by atoms with Gasteiger partial charge in [0.05, 0.1) is 6.54 Å². The van der Waals surface area contributed by atoms with Crippen molar-refractivity contribution in [2.45, 2.75) is 45.3 Å². The molecule has 2 amide bonds. The van der Waals surface area contributed by atoms with Gasteiger partial charge in [0, 0.05) is 52.6 Å². The van der Waals surface area contributed by atoms with Gasteiger partial charge in [-0.3, -0.25) is 14.5 Å². The van der Waals surface area contributed by atoms with Crippen LogP contribution in [-0.4, -0.2) is 89.1 Å². The molecule has 2 heterocycles. The fourth-order valence-corrected chi connectivity index (χ4v) is 4.26. The van der Waals surface area contributed by atoms with Crippen molar-refractivity contribution >= 4 is 11.8 Å². The topological polar surface area (TPSA) is 73.3 Å². The molecule has 7 heteroatoms. The number of aryl methyl sites for hydroxylation is 1. The molecule has 2 saturated heterocycles. The molecular weight excluding hydrogens is 370 g/mol. The molecule has 1 atom stereocenters. The van der Waals surface area contributed by atoms with Gasteiger partial charge in [-0.15, -0.1) is 0 Å². The van der Waals surface area contributed by atoms with Crippen LogP contribution in [-0.2, 0) is 9.59 Å². The Hall–Kier alpha value is -2.12. The van der Waals surface area contributed by atoms with Crippen molar-refractivity contribution in [1.29, 1.82) is 0 Å². The fourth-order valence-electron chi connectivity index (χ4n) is 4.26. The summed E-state index contributed by atoms with van der Waals surface area (Å²) >= 11 is 0. The van der Waals surface area contributed by atoms with Crippen LogP contribution in [0.25, 0.3) is 0 Å². The van der Waals surface area contributed by atoms with Gasteiger partial charge in [0.2, 0.25) is 11.8 Å². The van der Waals surface area contributed by atoms with E-state index in [-0.39, 0.29) is 25.0 Å². The molecule has 0 aliphatic carbocycles. The summed E-state index contributed by atoms with van der Waals surface area (Å²) in [6.45, 7) is 8.80. The number of likely N-dealkylation sites (tertiary alicyclic amines) is 1. The van der Waals surface area contributed by atoms with Crippen molar-refractivity contribution in [2.75, 3.05) is 45.9 Å². The highest BCUT2D eigenvalue weighted by Gasteiger charge is 2.39. The molecule has 3 rings (SSSR count). The first kappa shape index (κ1) is 21.6. The predicted molar refractivity (Wildman–Crippen MR) is 111 cm³/mol. The van der Waals surface area contributed by atoms with E-state index in [9.17, 15) is 14.7 Å². The number of carbonyl (C=O) groups is 2. The monoisotopic (exact) mass is 403 g/mol. The quantitative estimate of drug-likeness (QED) is 0.820. The third-order valence-corrected chi connectivity index (χ3v) is 6.04. The summed E-state index contributed by atoms with van der Waals surface area (Å²) in [5.74, 6) is 0.793.